The number of carbonyl (C=O) groups excluding carboxylic acids is 3. The van der Waals surface area contributed by atoms with Crippen LogP contribution in [0, 0.1) is 5.92 Å². The zero-order chi connectivity index (χ0) is 19.8. The average molecular weight is 369 g/mol. The second kappa shape index (κ2) is 9.38. The lowest BCUT2D eigenvalue weighted by Crippen LogP contribution is -2.50. The van der Waals surface area contributed by atoms with Gasteiger partial charge in [0.05, 0.1) is 18.3 Å². The molecule has 0 saturated heterocycles. The predicted octanol–water partition coefficient (Wildman–Crippen LogP) is 1.33. The molecule has 2 amide bonds. The van der Waals surface area contributed by atoms with E-state index in [-0.39, 0.29) is 18.0 Å². The van der Waals surface area contributed by atoms with Crippen molar-refractivity contribution in [2.24, 2.45) is 5.92 Å². The van der Waals surface area contributed by atoms with Gasteiger partial charge in [-0.2, -0.15) is 0 Å². The van der Waals surface area contributed by atoms with Crippen LogP contribution < -0.4 is 15.7 Å². The summed E-state index contributed by atoms with van der Waals surface area (Å²) in [7, 11) is 0. The number of furan rings is 1. The van der Waals surface area contributed by atoms with Crippen LogP contribution in [0.1, 0.15) is 36.4 Å². The van der Waals surface area contributed by atoms with Gasteiger partial charge in [-0.3, -0.25) is 9.59 Å². The van der Waals surface area contributed by atoms with Gasteiger partial charge < -0.3 is 25.0 Å². The smallest absolute Gasteiger partial charge is 0.268 e. The number of aliphatic carboxylic acids is 1. The second-order valence-corrected chi connectivity index (χ2v) is 6.37. The molecule has 142 valence electrons. The van der Waals surface area contributed by atoms with Gasteiger partial charge in [-0.1, -0.05) is 32.0 Å². The van der Waals surface area contributed by atoms with E-state index in [1.54, 1.807) is 42.5 Å². The Bertz CT molecular complexity index is 810. The van der Waals surface area contributed by atoms with E-state index in [1.807, 2.05) is 13.8 Å². The highest BCUT2D eigenvalue weighted by molar-refractivity contribution is 6.05. The molecule has 0 unspecified atom stereocenters. The zero-order valence-corrected chi connectivity index (χ0v) is 15.1. The molecule has 0 fully saturated rings. The molecule has 27 heavy (non-hydrogen) atoms. The molecule has 7 heteroatoms. The van der Waals surface area contributed by atoms with E-state index < -0.39 is 23.8 Å². The molecule has 2 N–H and O–H groups in total. The van der Waals surface area contributed by atoms with E-state index in [0.717, 1.165) is 0 Å². The number of carboxylic acid groups (broad SMARTS) is 1. The third-order valence-corrected chi connectivity index (χ3v) is 3.66. The van der Waals surface area contributed by atoms with Gasteiger partial charge in [0.25, 0.3) is 11.8 Å². The highest BCUT2D eigenvalue weighted by Crippen LogP contribution is 2.10. The Morgan fingerprint density at radius 3 is 2.37 bits per heavy atom. The van der Waals surface area contributed by atoms with Crippen molar-refractivity contribution in [2.75, 3.05) is 0 Å². The quantitative estimate of drug-likeness (QED) is 0.682. The van der Waals surface area contributed by atoms with Crippen LogP contribution in [0.15, 0.2) is 58.8 Å². The molecule has 1 aromatic carbocycles. The number of rotatable bonds is 8. The molecule has 7 nitrogen and oxygen atoms in total. The van der Waals surface area contributed by atoms with E-state index >= 15 is 0 Å². The fraction of sp³-hybridized carbons (Fsp3) is 0.250. The van der Waals surface area contributed by atoms with Crippen LogP contribution in [0.5, 0.6) is 0 Å². The summed E-state index contributed by atoms with van der Waals surface area (Å²) < 4.78 is 5.18. The van der Waals surface area contributed by atoms with Crippen LogP contribution in [-0.2, 0) is 9.59 Å². The van der Waals surface area contributed by atoms with Crippen LogP contribution in [0.2, 0.25) is 0 Å². The number of hydrogen-bond donors (Lipinski definition) is 2. The maximum absolute atomic E-state index is 12.6. The van der Waals surface area contributed by atoms with Crippen LogP contribution >= 0.6 is 0 Å². The van der Waals surface area contributed by atoms with E-state index in [9.17, 15) is 19.5 Å². The molecule has 0 aliphatic carbocycles. The molecule has 2 aromatic rings. The Balaban J connectivity index is 2.23. The van der Waals surface area contributed by atoms with Gasteiger partial charge in [0.15, 0.2) is 0 Å². The Morgan fingerprint density at radius 1 is 1.11 bits per heavy atom. The molecule has 0 aliphatic rings. The number of hydrogen-bond acceptors (Lipinski definition) is 5. The van der Waals surface area contributed by atoms with Crippen LogP contribution in [-0.4, -0.2) is 23.8 Å². The highest BCUT2D eigenvalue weighted by atomic mass is 16.4. The van der Waals surface area contributed by atoms with Crippen LogP contribution in [0.25, 0.3) is 6.08 Å². The fourth-order valence-corrected chi connectivity index (χ4v) is 2.38. The van der Waals surface area contributed by atoms with Crippen LogP contribution in [0.4, 0.5) is 0 Å². The van der Waals surface area contributed by atoms with Crippen molar-refractivity contribution in [3.05, 3.63) is 65.7 Å². The van der Waals surface area contributed by atoms with Crippen molar-refractivity contribution in [3.63, 3.8) is 0 Å². The highest BCUT2D eigenvalue weighted by Gasteiger charge is 2.20. The summed E-state index contributed by atoms with van der Waals surface area (Å²) in [6.07, 6.45) is 2.95. The Morgan fingerprint density at radius 2 is 1.81 bits per heavy atom. The predicted molar refractivity (Wildman–Crippen MR) is 97.0 cm³/mol. The molecule has 1 atom stereocenters. The van der Waals surface area contributed by atoms with Crippen LogP contribution in [0.3, 0.4) is 0 Å². The molecule has 0 radical (unpaired) electrons. The minimum atomic E-state index is -1.39. The minimum absolute atomic E-state index is 0.0320. The van der Waals surface area contributed by atoms with Gasteiger partial charge in [0, 0.05) is 11.6 Å². The summed E-state index contributed by atoms with van der Waals surface area (Å²) in [6, 6.07) is 10.4. The van der Waals surface area contributed by atoms with Crippen molar-refractivity contribution in [2.45, 2.75) is 26.3 Å². The molecule has 0 bridgehead atoms. The normalized spacial score (nSPS) is 12.5. The first kappa shape index (κ1) is 20.0. The van der Waals surface area contributed by atoms with E-state index in [0.29, 0.717) is 11.3 Å². The maximum atomic E-state index is 12.6. The van der Waals surface area contributed by atoms with E-state index in [1.165, 1.54) is 12.3 Å². The Hall–Kier alpha value is -3.35. The summed E-state index contributed by atoms with van der Waals surface area (Å²) >= 11 is 0. The summed E-state index contributed by atoms with van der Waals surface area (Å²) in [5.74, 6) is -2.27. The number of nitrogens with one attached hydrogen (secondary N) is 2. The largest absolute Gasteiger partial charge is 0.548 e. The van der Waals surface area contributed by atoms with Gasteiger partial charge in [-0.25, -0.2) is 0 Å². The third-order valence-electron chi connectivity index (χ3n) is 3.66. The average Bonchev–Trinajstić information content (AvgIpc) is 3.13. The lowest BCUT2D eigenvalue weighted by atomic mass is 10.0. The molecule has 1 heterocycles. The van der Waals surface area contributed by atoms with Crippen molar-refractivity contribution in [1.82, 2.24) is 10.6 Å². The number of carboxylic acids is 1. The first-order valence-electron chi connectivity index (χ1n) is 8.50. The first-order chi connectivity index (χ1) is 12.9. The minimum Gasteiger partial charge on any atom is -0.548 e. The third kappa shape index (κ3) is 6.14. The SMILES string of the molecule is CC(C)C[C@H](NC(=O)/C(=C\c1ccco1)NC(=O)c1ccccc1)C(=O)[O-]. The molecule has 2 rings (SSSR count). The summed E-state index contributed by atoms with van der Waals surface area (Å²) in [4.78, 5) is 36.3. The van der Waals surface area contributed by atoms with Gasteiger partial charge in [-0.05, 0) is 36.6 Å². The molecule has 0 saturated carbocycles. The molecule has 0 aliphatic heterocycles. The topological polar surface area (TPSA) is 111 Å². The number of benzene rings is 1. The standard InChI is InChI=1S/C20H22N2O5/c1-13(2)11-17(20(25)26)22-19(24)16(12-15-9-6-10-27-15)21-18(23)14-7-4-3-5-8-14/h3-10,12-13,17H,11H2,1-2H3,(H,21,23)(H,22,24)(H,25,26)/p-1/b16-12+/t17-/m0/s1. The van der Waals surface area contributed by atoms with Crippen molar-refractivity contribution in [3.8, 4) is 0 Å². The zero-order valence-electron chi connectivity index (χ0n) is 15.1. The lowest BCUT2D eigenvalue weighted by Gasteiger charge is -2.22. The number of amides is 2. The first-order valence-corrected chi connectivity index (χ1v) is 8.50. The molecular weight excluding hydrogens is 348 g/mol. The van der Waals surface area contributed by atoms with E-state index in [2.05, 4.69) is 10.6 Å². The molecule has 1 aromatic heterocycles. The Labute approximate surface area is 157 Å². The molecular formula is C20H21N2O5-. The monoisotopic (exact) mass is 369 g/mol. The fourth-order valence-electron chi connectivity index (χ4n) is 2.38. The summed E-state index contributed by atoms with van der Waals surface area (Å²) in [6.45, 7) is 3.66. The number of carbonyl (C=O) groups is 3. The lowest BCUT2D eigenvalue weighted by molar-refractivity contribution is -0.308. The van der Waals surface area contributed by atoms with E-state index in [4.69, 9.17) is 4.42 Å². The van der Waals surface area contributed by atoms with Crippen molar-refractivity contribution < 1.29 is 23.9 Å². The molecule has 0 spiro atoms. The van der Waals surface area contributed by atoms with Gasteiger partial charge in [0.1, 0.15) is 11.5 Å². The summed E-state index contributed by atoms with van der Waals surface area (Å²) in [5, 5.41) is 16.2. The van der Waals surface area contributed by atoms with Crippen molar-refractivity contribution >= 4 is 23.9 Å². The maximum Gasteiger partial charge on any atom is 0.268 e. The Kier molecular flexibility index (Phi) is 6.93. The second-order valence-electron chi connectivity index (χ2n) is 6.37. The van der Waals surface area contributed by atoms with Gasteiger partial charge in [0.2, 0.25) is 0 Å². The van der Waals surface area contributed by atoms with Gasteiger partial charge >= 0.3 is 0 Å². The van der Waals surface area contributed by atoms with Gasteiger partial charge in [-0.15, -0.1) is 0 Å². The summed E-state index contributed by atoms with van der Waals surface area (Å²) in [5.41, 5.74) is 0.225. The van der Waals surface area contributed by atoms with Crippen molar-refractivity contribution in [1.29, 1.82) is 0 Å².